The maximum atomic E-state index is 12.4. The van der Waals surface area contributed by atoms with E-state index in [-0.39, 0.29) is 18.6 Å². The van der Waals surface area contributed by atoms with E-state index in [9.17, 15) is 9.59 Å². The number of ether oxygens (including phenoxy) is 1. The first-order valence-electron chi connectivity index (χ1n) is 7.87. The van der Waals surface area contributed by atoms with Gasteiger partial charge in [-0.15, -0.1) is 0 Å². The van der Waals surface area contributed by atoms with Crippen LogP contribution in [0.25, 0.3) is 0 Å². The Balaban J connectivity index is 1.98. The topological polar surface area (TPSA) is 72.6 Å². The molecule has 1 saturated carbocycles. The van der Waals surface area contributed by atoms with E-state index in [1.54, 1.807) is 6.92 Å². The standard InChI is InChI=1S/C15H26N2O3/c1-2-20-15(19)13(16)14(18)17-10-6-9-12(17)11-7-4-3-5-8-11/h11-13H,2-10,16H2,1H3. The molecule has 1 aliphatic carbocycles. The Hall–Kier alpha value is -1.10. The second-order valence-corrected chi connectivity index (χ2v) is 5.87. The predicted molar refractivity (Wildman–Crippen MR) is 75.9 cm³/mol. The van der Waals surface area contributed by atoms with Gasteiger partial charge in [0.05, 0.1) is 6.61 Å². The summed E-state index contributed by atoms with van der Waals surface area (Å²) in [4.78, 5) is 25.9. The van der Waals surface area contributed by atoms with Crippen molar-refractivity contribution in [2.45, 2.75) is 64.0 Å². The van der Waals surface area contributed by atoms with Gasteiger partial charge in [0.2, 0.25) is 0 Å². The summed E-state index contributed by atoms with van der Waals surface area (Å²) in [5, 5.41) is 0. The van der Waals surface area contributed by atoms with Crippen molar-refractivity contribution in [3.05, 3.63) is 0 Å². The van der Waals surface area contributed by atoms with Crippen LogP contribution in [0.15, 0.2) is 0 Å². The van der Waals surface area contributed by atoms with Gasteiger partial charge in [-0.1, -0.05) is 19.3 Å². The second kappa shape index (κ2) is 7.07. The zero-order chi connectivity index (χ0) is 14.5. The van der Waals surface area contributed by atoms with Crippen LogP contribution in [-0.2, 0) is 14.3 Å². The van der Waals surface area contributed by atoms with Crippen molar-refractivity contribution in [1.82, 2.24) is 4.90 Å². The summed E-state index contributed by atoms with van der Waals surface area (Å²) < 4.78 is 4.85. The van der Waals surface area contributed by atoms with Gasteiger partial charge in [0, 0.05) is 12.6 Å². The Bertz CT molecular complexity index is 353. The van der Waals surface area contributed by atoms with Gasteiger partial charge in [0.1, 0.15) is 0 Å². The maximum absolute atomic E-state index is 12.4. The van der Waals surface area contributed by atoms with Gasteiger partial charge in [0.15, 0.2) is 6.04 Å². The van der Waals surface area contributed by atoms with E-state index in [1.807, 2.05) is 4.90 Å². The van der Waals surface area contributed by atoms with E-state index in [1.165, 1.54) is 32.1 Å². The number of hydrogen-bond donors (Lipinski definition) is 1. The molecule has 0 aromatic rings. The lowest BCUT2D eigenvalue weighted by atomic mass is 9.83. The number of esters is 1. The SMILES string of the molecule is CCOC(=O)C(N)C(=O)N1CCCC1C1CCCCC1. The fourth-order valence-electron chi connectivity index (χ4n) is 3.59. The van der Waals surface area contributed by atoms with Crippen molar-refractivity contribution in [3.63, 3.8) is 0 Å². The Morgan fingerprint density at radius 1 is 1.20 bits per heavy atom. The number of amides is 1. The van der Waals surface area contributed by atoms with E-state index in [0.717, 1.165) is 19.4 Å². The highest BCUT2D eigenvalue weighted by atomic mass is 16.5. The molecule has 2 atom stereocenters. The molecule has 2 fully saturated rings. The smallest absolute Gasteiger partial charge is 0.332 e. The van der Waals surface area contributed by atoms with Crippen LogP contribution >= 0.6 is 0 Å². The molecule has 0 bridgehead atoms. The molecule has 0 spiro atoms. The quantitative estimate of drug-likeness (QED) is 0.625. The Labute approximate surface area is 120 Å². The average Bonchev–Trinajstić information content (AvgIpc) is 2.96. The minimum Gasteiger partial charge on any atom is -0.464 e. The maximum Gasteiger partial charge on any atom is 0.332 e. The molecular weight excluding hydrogens is 256 g/mol. The third-order valence-corrected chi connectivity index (χ3v) is 4.58. The van der Waals surface area contributed by atoms with Crippen LogP contribution < -0.4 is 5.73 Å². The number of rotatable bonds is 4. The molecule has 5 nitrogen and oxygen atoms in total. The van der Waals surface area contributed by atoms with Gasteiger partial charge in [-0.3, -0.25) is 4.79 Å². The summed E-state index contributed by atoms with van der Waals surface area (Å²) in [7, 11) is 0. The lowest BCUT2D eigenvalue weighted by molar-refractivity contribution is -0.151. The van der Waals surface area contributed by atoms with Crippen LogP contribution in [0.3, 0.4) is 0 Å². The Morgan fingerprint density at radius 2 is 1.90 bits per heavy atom. The molecule has 2 aliphatic rings. The van der Waals surface area contributed by atoms with Crippen LogP contribution in [0.5, 0.6) is 0 Å². The van der Waals surface area contributed by atoms with Gasteiger partial charge in [-0.25, -0.2) is 4.79 Å². The number of carbonyl (C=O) groups is 2. The van der Waals surface area contributed by atoms with E-state index in [4.69, 9.17) is 10.5 Å². The van der Waals surface area contributed by atoms with Crippen molar-refractivity contribution in [2.24, 2.45) is 11.7 Å². The first-order chi connectivity index (χ1) is 9.65. The molecule has 2 N–H and O–H groups in total. The summed E-state index contributed by atoms with van der Waals surface area (Å²) >= 11 is 0. The minimum atomic E-state index is -1.15. The zero-order valence-electron chi connectivity index (χ0n) is 12.3. The summed E-state index contributed by atoms with van der Waals surface area (Å²) in [5.74, 6) is -0.270. The monoisotopic (exact) mass is 282 g/mol. The van der Waals surface area contributed by atoms with Gasteiger partial charge >= 0.3 is 5.97 Å². The van der Waals surface area contributed by atoms with Crippen LogP contribution in [0.4, 0.5) is 0 Å². The molecule has 2 rings (SSSR count). The molecule has 20 heavy (non-hydrogen) atoms. The van der Waals surface area contributed by atoms with E-state index in [0.29, 0.717) is 5.92 Å². The highest BCUT2D eigenvalue weighted by Crippen LogP contribution is 2.34. The normalized spacial score (nSPS) is 25.5. The highest BCUT2D eigenvalue weighted by Gasteiger charge is 2.38. The molecule has 1 heterocycles. The number of carbonyl (C=O) groups excluding carboxylic acids is 2. The van der Waals surface area contributed by atoms with Gasteiger partial charge < -0.3 is 15.4 Å². The highest BCUT2D eigenvalue weighted by molar-refractivity contribution is 6.01. The van der Waals surface area contributed by atoms with E-state index >= 15 is 0 Å². The molecule has 0 aromatic carbocycles. The van der Waals surface area contributed by atoms with E-state index in [2.05, 4.69) is 0 Å². The zero-order valence-corrected chi connectivity index (χ0v) is 12.3. The Morgan fingerprint density at radius 3 is 2.55 bits per heavy atom. The summed E-state index contributed by atoms with van der Waals surface area (Å²) in [6, 6.07) is -0.873. The number of hydrogen-bond acceptors (Lipinski definition) is 4. The van der Waals surface area contributed by atoms with Crippen LogP contribution in [0.2, 0.25) is 0 Å². The fourth-order valence-corrected chi connectivity index (χ4v) is 3.59. The third kappa shape index (κ3) is 3.32. The summed E-state index contributed by atoms with van der Waals surface area (Å²) in [5.41, 5.74) is 5.75. The fraction of sp³-hybridized carbons (Fsp3) is 0.867. The molecule has 0 aromatic heterocycles. The number of nitrogens with zero attached hydrogens (tertiary/aromatic N) is 1. The second-order valence-electron chi connectivity index (χ2n) is 5.87. The van der Waals surface area contributed by atoms with Gasteiger partial charge in [0.25, 0.3) is 5.91 Å². The summed E-state index contributed by atoms with van der Waals surface area (Å²) in [6.07, 6.45) is 8.28. The molecule has 1 aliphatic heterocycles. The molecule has 1 amide bonds. The lowest BCUT2D eigenvalue weighted by Crippen LogP contribution is -2.52. The third-order valence-electron chi connectivity index (χ3n) is 4.58. The van der Waals surface area contributed by atoms with Gasteiger partial charge in [-0.05, 0) is 38.5 Å². The Kier molecular flexibility index (Phi) is 5.40. The van der Waals surface area contributed by atoms with Gasteiger partial charge in [-0.2, -0.15) is 0 Å². The van der Waals surface area contributed by atoms with Crippen molar-refractivity contribution in [1.29, 1.82) is 0 Å². The number of likely N-dealkylation sites (tertiary alicyclic amines) is 1. The van der Waals surface area contributed by atoms with Crippen molar-refractivity contribution < 1.29 is 14.3 Å². The molecule has 0 radical (unpaired) electrons. The van der Waals surface area contributed by atoms with Crippen LogP contribution in [-0.4, -0.2) is 42.0 Å². The molecule has 5 heteroatoms. The number of nitrogens with two attached hydrogens (primary N) is 1. The molecule has 2 unspecified atom stereocenters. The first kappa shape index (κ1) is 15.3. The molecule has 1 saturated heterocycles. The summed E-state index contributed by atoms with van der Waals surface area (Å²) in [6.45, 7) is 2.70. The lowest BCUT2D eigenvalue weighted by Gasteiger charge is -2.34. The first-order valence-corrected chi connectivity index (χ1v) is 7.87. The molecule has 114 valence electrons. The predicted octanol–water partition coefficient (Wildman–Crippen LogP) is 1.45. The van der Waals surface area contributed by atoms with Crippen LogP contribution in [0.1, 0.15) is 51.9 Å². The largest absolute Gasteiger partial charge is 0.464 e. The van der Waals surface area contributed by atoms with E-state index < -0.39 is 12.0 Å². The van der Waals surface area contributed by atoms with Crippen LogP contribution in [0, 0.1) is 5.92 Å². The van der Waals surface area contributed by atoms with Crippen molar-refractivity contribution in [2.75, 3.05) is 13.2 Å². The van der Waals surface area contributed by atoms with Crippen molar-refractivity contribution >= 4 is 11.9 Å². The minimum absolute atomic E-state index is 0.253. The molecular formula is C15H26N2O3. The van der Waals surface area contributed by atoms with Crippen molar-refractivity contribution in [3.8, 4) is 0 Å². The average molecular weight is 282 g/mol.